The van der Waals surface area contributed by atoms with Crippen molar-refractivity contribution in [2.24, 2.45) is 17.8 Å². The number of aliphatic hydroxyl groups excluding tert-OH is 2. The minimum absolute atomic E-state index is 0.112. The molecule has 0 bridgehead atoms. The molecule has 0 spiro atoms. The highest BCUT2D eigenvalue weighted by Gasteiger charge is 2.10. The number of esters is 1. The molecule has 0 heterocycles. The Labute approximate surface area is 149 Å². The summed E-state index contributed by atoms with van der Waals surface area (Å²) in [5.41, 5.74) is 0. The van der Waals surface area contributed by atoms with Gasteiger partial charge in [-0.25, -0.2) is 0 Å². The van der Waals surface area contributed by atoms with E-state index in [-0.39, 0.29) is 19.2 Å². The van der Waals surface area contributed by atoms with Crippen LogP contribution >= 0.6 is 0 Å². The maximum atomic E-state index is 11.5. The Morgan fingerprint density at radius 2 is 1.38 bits per heavy atom. The second-order valence-electron chi connectivity index (χ2n) is 7.88. The summed E-state index contributed by atoms with van der Waals surface area (Å²) in [5.74, 6) is 2.00. The van der Waals surface area contributed by atoms with Gasteiger partial charge in [0.05, 0.1) is 6.61 Å². The Kier molecular flexibility index (Phi) is 14.3. The highest BCUT2D eigenvalue weighted by Crippen LogP contribution is 2.21. The quantitative estimate of drug-likeness (QED) is 0.434. The Balaban J connectivity index is 3.55. The lowest BCUT2D eigenvalue weighted by Gasteiger charge is -2.15. The Bertz CT molecular complexity index is 304. The minimum atomic E-state index is -0.963. The third-order valence-corrected chi connectivity index (χ3v) is 4.60. The first kappa shape index (κ1) is 23.4. The van der Waals surface area contributed by atoms with Crippen LogP contribution in [-0.4, -0.2) is 35.5 Å². The molecule has 0 saturated heterocycles. The van der Waals surface area contributed by atoms with Crippen molar-refractivity contribution >= 4 is 5.97 Å². The largest absolute Gasteiger partial charge is 0.463 e. The molecule has 0 fully saturated rings. The molecule has 0 saturated carbocycles. The van der Waals surface area contributed by atoms with Crippen LogP contribution in [0.5, 0.6) is 0 Å². The molecule has 0 aliphatic rings. The Morgan fingerprint density at radius 1 is 0.875 bits per heavy atom. The van der Waals surface area contributed by atoms with Gasteiger partial charge in [-0.2, -0.15) is 0 Å². The van der Waals surface area contributed by atoms with E-state index in [1.165, 1.54) is 38.5 Å². The van der Waals surface area contributed by atoms with Crippen LogP contribution in [-0.2, 0) is 9.53 Å². The number of rotatable bonds is 15. The second-order valence-corrected chi connectivity index (χ2v) is 7.88. The van der Waals surface area contributed by atoms with E-state index in [2.05, 4.69) is 27.7 Å². The molecule has 0 aromatic rings. The van der Waals surface area contributed by atoms with Gasteiger partial charge in [0.25, 0.3) is 0 Å². The topological polar surface area (TPSA) is 66.8 Å². The van der Waals surface area contributed by atoms with Gasteiger partial charge in [0, 0.05) is 6.42 Å². The zero-order valence-electron chi connectivity index (χ0n) is 16.3. The molecule has 0 aromatic carbocycles. The first-order valence-electron chi connectivity index (χ1n) is 9.79. The summed E-state index contributed by atoms with van der Waals surface area (Å²) in [4.78, 5) is 11.5. The van der Waals surface area contributed by atoms with E-state index in [1.807, 2.05) is 0 Å². The first-order valence-corrected chi connectivity index (χ1v) is 9.79. The molecule has 3 unspecified atom stereocenters. The molecule has 0 aliphatic carbocycles. The van der Waals surface area contributed by atoms with Crippen molar-refractivity contribution in [1.29, 1.82) is 0 Å². The maximum Gasteiger partial charge on any atom is 0.305 e. The smallest absolute Gasteiger partial charge is 0.305 e. The zero-order chi connectivity index (χ0) is 18.4. The van der Waals surface area contributed by atoms with Gasteiger partial charge < -0.3 is 14.9 Å². The molecule has 2 N–H and O–H groups in total. The lowest BCUT2D eigenvalue weighted by atomic mass is 9.92. The van der Waals surface area contributed by atoms with Crippen LogP contribution in [0.1, 0.15) is 85.5 Å². The molecule has 0 amide bonds. The van der Waals surface area contributed by atoms with Crippen LogP contribution in [0.15, 0.2) is 0 Å². The van der Waals surface area contributed by atoms with Gasteiger partial charge in [0.2, 0.25) is 0 Å². The van der Waals surface area contributed by atoms with Crippen LogP contribution in [0.2, 0.25) is 0 Å². The lowest BCUT2D eigenvalue weighted by molar-refractivity contribution is -0.147. The monoisotopic (exact) mass is 344 g/mol. The number of hydrogen-bond acceptors (Lipinski definition) is 4. The molecule has 0 aromatic heterocycles. The van der Waals surface area contributed by atoms with Gasteiger partial charge in [-0.1, -0.05) is 72.6 Å². The molecule has 4 nitrogen and oxygen atoms in total. The Hall–Kier alpha value is -0.610. The molecule has 24 heavy (non-hydrogen) atoms. The first-order chi connectivity index (χ1) is 11.3. The molecule has 3 atom stereocenters. The molecular formula is C20H40O4. The fraction of sp³-hybridized carbons (Fsp3) is 0.950. The fourth-order valence-electron chi connectivity index (χ4n) is 2.89. The molecule has 144 valence electrons. The third kappa shape index (κ3) is 14.9. The van der Waals surface area contributed by atoms with Gasteiger partial charge in [0.1, 0.15) is 12.7 Å². The number of aliphatic hydroxyl groups is 2. The van der Waals surface area contributed by atoms with Crippen molar-refractivity contribution in [2.75, 3.05) is 13.2 Å². The standard InChI is InChI=1S/C20H40O4/c1-16(2)8-5-9-17(3)10-6-11-18(4)12-7-13-20(23)24-15-19(22)14-21/h16-19,21-22H,5-15H2,1-4H3. The van der Waals surface area contributed by atoms with Crippen molar-refractivity contribution in [2.45, 2.75) is 91.6 Å². The molecule has 0 rings (SSSR count). The van der Waals surface area contributed by atoms with E-state index in [4.69, 9.17) is 14.9 Å². The van der Waals surface area contributed by atoms with Crippen molar-refractivity contribution in [3.63, 3.8) is 0 Å². The normalized spacial score (nSPS) is 15.3. The minimum Gasteiger partial charge on any atom is -0.463 e. The van der Waals surface area contributed by atoms with Crippen molar-refractivity contribution in [3.05, 3.63) is 0 Å². The van der Waals surface area contributed by atoms with Crippen molar-refractivity contribution < 1.29 is 19.7 Å². The van der Waals surface area contributed by atoms with Crippen LogP contribution in [0.25, 0.3) is 0 Å². The van der Waals surface area contributed by atoms with Gasteiger partial charge in [-0.05, 0) is 24.2 Å². The van der Waals surface area contributed by atoms with E-state index < -0.39 is 6.10 Å². The summed E-state index contributed by atoms with van der Waals surface area (Å²) in [5, 5.41) is 17.8. The van der Waals surface area contributed by atoms with E-state index in [0.29, 0.717) is 12.3 Å². The van der Waals surface area contributed by atoms with E-state index in [0.717, 1.165) is 24.7 Å². The summed E-state index contributed by atoms with van der Waals surface area (Å²) in [6, 6.07) is 0. The summed E-state index contributed by atoms with van der Waals surface area (Å²) < 4.78 is 4.89. The third-order valence-electron chi connectivity index (χ3n) is 4.60. The Morgan fingerprint density at radius 3 is 1.88 bits per heavy atom. The predicted octanol–water partition coefficient (Wildman–Crippen LogP) is 4.32. The average molecular weight is 345 g/mol. The second kappa shape index (κ2) is 14.7. The molecule has 0 aliphatic heterocycles. The summed E-state index contributed by atoms with van der Waals surface area (Å²) >= 11 is 0. The summed E-state index contributed by atoms with van der Waals surface area (Å²) in [7, 11) is 0. The average Bonchev–Trinajstić information content (AvgIpc) is 2.52. The van der Waals surface area contributed by atoms with Crippen LogP contribution in [0, 0.1) is 17.8 Å². The van der Waals surface area contributed by atoms with Gasteiger partial charge >= 0.3 is 5.97 Å². The van der Waals surface area contributed by atoms with Gasteiger partial charge in [-0.15, -0.1) is 0 Å². The molecule has 0 radical (unpaired) electrons. The summed E-state index contributed by atoms with van der Waals surface area (Å²) in [6.45, 7) is 8.71. The highest BCUT2D eigenvalue weighted by atomic mass is 16.5. The van der Waals surface area contributed by atoms with Gasteiger partial charge in [-0.3, -0.25) is 4.79 Å². The van der Waals surface area contributed by atoms with Gasteiger partial charge in [0.15, 0.2) is 0 Å². The van der Waals surface area contributed by atoms with Crippen LogP contribution in [0.3, 0.4) is 0 Å². The lowest BCUT2D eigenvalue weighted by Crippen LogP contribution is -2.21. The molecular weight excluding hydrogens is 304 g/mol. The summed E-state index contributed by atoms with van der Waals surface area (Å²) in [6.07, 6.45) is 9.15. The van der Waals surface area contributed by atoms with Crippen LogP contribution in [0.4, 0.5) is 0 Å². The maximum absolute atomic E-state index is 11.5. The molecule has 4 heteroatoms. The van der Waals surface area contributed by atoms with Crippen molar-refractivity contribution in [1.82, 2.24) is 0 Å². The SMILES string of the molecule is CC(C)CCCC(C)CCCC(C)CCCC(=O)OCC(O)CO. The zero-order valence-corrected chi connectivity index (χ0v) is 16.3. The van der Waals surface area contributed by atoms with Crippen LogP contribution < -0.4 is 0 Å². The van der Waals surface area contributed by atoms with Crippen molar-refractivity contribution in [3.8, 4) is 0 Å². The fourth-order valence-corrected chi connectivity index (χ4v) is 2.89. The number of ether oxygens (including phenoxy) is 1. The van der Waals surface area contributed by atoms with E-state index in [9.17, 15) is 4.79 Å². The number of hydrogen-bond donors (Lipinski definition) is 2. The number of carbonyl (C=O) groups excluding carboxylic acids is 1. The predicted molar refractivity (Wildman–Crippen MR) is 98.8 cm³/mol. The number of carbonyl (C=O) groups is 1. The van der Waals surface area contributed by atoms with E-state index in [1.54, 1.807) is 0 Å². The van der Waals surface area contributed by atoms with E-state index >= 15 is 0 Å². The highest BCUT2D eigenvalue weighted by molar-refractivity contribution is 5.69.